The number of amides is 1. The number of carbonyl (C=O) groups is 1. The maximum absolute atomic E-state index is 12.5. The maximum Gasteiger partial charge on any atom is 0.274 e. The Morgan fingerprint density at radius 2 is 2.15 bits per heavy atom. The Morgan fingerprint density at radius 1 is 1.35 bits per heavy atom. The second kappa shape index (κ2) is 5.36. The molecule has 1 saturated carbocycles. The number of carbonyl (C=O) groups excluding carboxylic acids is 1. The summed E-state index contributed by atoms with van der Waals surface area (Å²) in [7, 11) is 1.78. The summed E-state index contributed by atoms with van der Waals surface area (Å²) in [4.78, 5) is 22.7. The first kappa shape index (κ1) is 13.3. The van der Waals surface area contributed by atoms with Gasteiger partial charge in [-0.2, -0.15) is 0 Å². The van der Waals surface area contributed by atoms with E-state index in [0.29, 0.717) is 31.2 Å². The van der Waals surface area contributed by atoms with Crippen molar-refractivity contribution in [3.63, 3.8) is 0 Å². The lowest BCUT2D eigenvalue weighted by molar-refractivity contribution is -0.0949. The predicted octanol–water partition coefficient (Wildman–Crippen LogP) is 1.30. The molecule has 2 aliphatic rings. The Kier molecular flexibility index (Phi) is 3.56. The van der Waals surface area contributed by atoms with Crippen LogP contribution in [0, 0.1) is 0 Å². The van der Waals surface area contributed by atoms with Gasteiger partial charge in [-0.25, -0.2) is 9.97 Å². The minimum absolute atomic E-state index is 0.0465. The van der Waals surface area contributed by atoms with Gasteiger partial charge in [-0.05, 0) is 12.8 Å². The minimum atomic E-state index is -0.105. The van der Waals surface area contributed by atoms with Crippen LogP contribution in [0.3, 0.4) is 0 Å². The van der Waals surface area contributed by atoms with Crippen LogP contribution in [0.25, 0.3) is 0 Å². The molecule has 1 saturated heterocycles. The summed E-state index contributed by atoms with van der Waals surface area (Å²) in [6.45, 7) is 1.94. The molecule has 1 N–H and O–H groups in total. The van der Waals surface area contributed by atoms with E-state index in [1.807, 2.05) is 4.90 Å². The van der Waals surface area contributed by atoms with Gasteiger partial charge in [0, 0.05) is 13.6 Å². The zero-order valence-corrected chi connectivity index (χ0v) is 11.8. The van der Waals surface area contributed by atoms with Crippen LogP contribution in [0.2, 0.25) is 0 Å². The summed E-state index contributed by atoms with van der Waals surface area (Å²) in [5.41, 5.74) is 0.297. The Hall–Kier alpha value is -1.69. The molecule has 1 aliphatic heterocycles. The predicted molar refractivity (Wildman–Crippen MR) is 74.6 cm³/mol. The van der Waals surface area contributed by atoms with Crippen LogP contribution in [-0.2, 0) is 4.74 Å². The molecule has 108 valence electrons. The molecule has 20 heavy (non-hydrogen) atoms. The highest BCUT2D eigenvalue weighted by atomic mass is 16.5. The van der Waals surface area contributed by atoms with E-state index in [2.05, 4.69) is 15.3 Å². The largest absolute Gasteiger partial charge is 0.372 e. The number of aromatic nitrogens is 2. The molecule has 3 rings (SSSR count). The Bertz CT molecular complexity index is 482. The van der Waals surface area contributed by atoms with Crippen molar-refractivity contribution in [2.45, 2.75) is 31.3 Å². The van der Waals surface area contributed by atoms with E-state index in [-0.39, 0.29) is 11.5 Å². The topological polar surface area (TPSA) is 67.4 Å². The standard InChI is InChI=1S/C14H20N4O2/c1-15-12-9-16-11(8-17-12)13(19)18-6-7-20-14(10-18)4-2-3-5-14/h8-9H,2-7,10H2,1H3,(H,15,17). The molecule has 0 radical (unpaired) electrons. The second-order valence-corrected chi connectivity index (χ2v) is 5.50. The molecule has 1 amide bonds. The van der Waals surface area contributed by atoms with Crippen molar-refractivity contribution in [2.24, 2.45) is 0 Å². The molecule has 2 heterocycles. The number of ether oxygens (including phenoxy) is 1. The number of hydrogen-bond acceptors (Lipinski definition) is 5. The first-order valence-corrected chi connectivity index (χ1v) is 7.15. The molecule has 0 unspecified atom stereocenters. The van der Waals surface area contributed by atoms with Crippen LogP contribution in [-0.4, -0.2) is 53.1 Å². The highest BCUT2D eigenvalue weighted by Crippen LogP contribution is 2.36. The first-order chi connectivity index (χ1) is 9.72. The van der Waals surface area contributed by atoms with Gasteiger partial charge in [0.2, 0.25) is 0 Å². The van der Waals surface area contributed by atoms with Crippen LogP contribution in [0.1, 0.15) is 36.2 Å². The summed E-state index contributed by atoms with van der Waals surface area (Å²) in [6, 6.07) is 0. The van der Waals surface area contributed by atoms with E-state index >= 15 is 0 Å². The number of hydrogen-bond donors (Lipinski definition) is 1. The quantitative estimate of drug-likeness (QED) is 0.882. The lowest BCUT2D eigenvalue weighted by atomic mass is 9.99. The van der Waals surface area contributed by atoms with Gasteiger partial charge in [-0.3, -0.25) is 4.79 Å². The van der Waals surface area contributed by atoms with E-state index in [1.54, 1.807) is 13.2 Å². The molecular formula is C14H20N4O2. The van der Waals surface area contributed by atoms with Gasteiger partial charge >= 0.3 is 0 Å². The Labute approximate surface area is 118 Å². The van der Waals surface area contributed by atoms with E-state index in [1.165, 1.54) is 19.0 Å². The van der Waals surface area contributed by atoms with Crippen LogP contribution in [0.4, 0.5) is 5.82 Å². The fourth-order valence-electron chi connectivity index (χ4n) is 3.07. The van der Waals surface area contributed by atoms with Gasteiger partial charge < -0.3 is 15.0 Å². The van der Waals surface area contributed by atoms with E-state index in [4.69, 9.17) is 4.74 Å². The smallest absolute Gasteiger partial charge is 0.274 e. The molecule has 6 heteroatoms. The summed E-state index contributed by atoms with van der Waals surface area (Å²) in [5.74, 6) is 0.616. The first-order valence-electron chi connectivity index (χ1n) is 7.15. The maximum atomic E-state index is 12.5. The molecule has 0 atom stereocenters. The van der Waals surface area contributed by atoms with Crippen molar-refractivity contribution < 1.29 is 9.53 Å². The molecule has 2 fully saturated rings. The van der Waals surface area contributed by atoms with Gasteiger partial charge in [-0.1, -0.05) is 12.8 Å². The molecule has 1 aromatic heterocycles. The third-order valence-corrected chi connectivity index (χ3v) is 4.18. The van der Waals surface area contributed by atoms with Gasteiger partial charge in [-0.15, -0.1) is 0 Å². The van der Waals surface area contributed by atoms with Crippen molar-refractivity contribution in [1.82, 2.24) is 14.9 Å². The minimum Gasteiger partial charge on any atom is -0.372 e. The zero-order valence-electron chi connectivity index (χ0n) is 11.8. The van der Waals surface area contributed by atoms with Crippen molar-refractivity contribution in [3.05, 3.63) is 18.1 Å². The van der Waals surface area contributed by atoms with Crippen molar-refractivity contribution in [3.8, 4) is 0 Å². The second-order valence-electron chi connectivity index (χ2n) is 5.50. The van der Waals surface area contributed by atoms with Gasteiger partial charge in [0.15, 0.2) is 0 Å². The number of morpholine rings is 1. The number of nitrogens with one attached hydrogen (secondary N) is 1. The molecule has 1 aliphatic carbocycles. The average molecular weight is 276 g/mol. The molecule has 6 nitrogen and oxygen atoms in total. The Morgan fingerprint density at radius 3 is 2.80 bits per heavy atom. The summed E-state index contributed by atoms with van der Waals surface area (Å²) in [6.07, 6.45) is 7.61. The number of nitrogens with zero attached hydrogens (tertiary/aromatic N) is 3. The van der Waals surface area contributed by atoms with Gasteiger partial charge in [0.1, 0.15) is 11.5 Å². The third kappa shape index (κ3) is 2.47. The fraction of sp³-hybridized carbons (Fsp3) is 0.643. The van der Waals surface area contributed by atoms with Crippen LogP contribution in [0.15, 0.2) is 12.4 Å². The van der Waals surface area contributed by atoms with Crippen LogP contribution >= 0.6 is 0 Å². The molecule has 1 aromatic rings. The highest BCUT2D eigenvalue weighted by molar-refractivity contribution is 5.92. The van der Waals surface area contributed by atoms with E-state index in [9.17, 15) is 4.79 Å². The van der Waals surface area contributed by atoms with Crippen molar-refractivity contribution >= 4 is 11.7 Å². The Balaban J connectivity index is 1.72. The average Bonchev–Trinajstić information content (AvgIpc) is 2.94. The van der Waals surface area contributed by atoms with E-state index in [0.717, 1.165) is 12.8 Å². The third-order valence-electron chi connectivity index (χ3n) is 4.18. The van der Waals surface area contributed by atoms with Crippen molar-refractivity contribution in [1.29, 1.82) is 0 Å². The zero-order chi connectivity index (χ0) is 14.0. The summed E-state index contributed by atoms with van der Waals surface area (Å²) in [5, 5.41) is 2.89. The van der Waals surface area contributed by atoms with Crippen LogP contribution in [0.5, 0.6) is 0 Å². The summed E-state index contributed by atoms with van der Waals surface area (Å²) >= 11 is 0. The monoisotopic (exact) mass is 276 g/mol. The van der Waals surface area contributed by atoms with Crippen molar-refractivity contribution in [2.75, 3.05) is 32.1 Å². The lowest BCUT2D eigenvalue weighted by Gasteiger charge is -2.40. The van der Waals surface area contributed by atoms with Crippen LogP contribution < -0.4 is 5.32 Å². The van der Waals surface area contributed by atoms with E-state index < -0.39 is 0 Å². The van der Waals surface area contributed by atoms with Gasteiger partial charge in [0.25, 0.3) is 5.91 Å². The lowest BCUT2D eigenvalue weighted by Crippen LogP contribution is -2.52. The molecular weight excluding hydrogens is 256 g/mol. The number of anilines is 1. The normalized spacial score (nSPS) is 21.1. The number of rotatable bonds is 2. The molecule has 0 aromatic carbocycles. The molecule has 1 spiro atoms. The fourth-order valence-corrected chi connectivity index (χ4v) is 3.07. The molecule has 0 bridgehead atoms. The van der Waals surface area contributed by atoms with Gasteiger partial charge in [0.05, 0.1) is 31.1 Å². The SMILES string of the molecule is CNc1cnc(C(=O)N2CCOC3(CCCC3)C2)cn1. The summed E-state index contributed by atoms with van der Waals surface area (Å²) < 4.78 is 5.94. The highest BCUT2D eigenvalue weighted by Gasteiger charge is 2.40.